The normalized spacial score (nSPS) is 10.4. The summed E-state index contributed by atoms with van der Waals surface area (Å²) in [5.41, 5.74) is 0.395. The Morgan fingerprint density at radius 2 is 2.19 bits per heavy atom. The molecule has 1 heterocycles. The predicted molar refractivity (Wildman–Crippen MR) is 58.4 cm³/mol. The van der Waals surface area contributed by atoms with Crippen molar-refractivity contribution in [3.8, 4) is 0 Å². The molecule has 0 aliphatic heterocycles. The second-order valence-electron chi connectivity index (χ2n) is 3.36. The first-order valence-corrected chi connectivity index (χ1v) is 6.04. The van der Waals surface area contributed by atoms with E-state index in [4.69, 9.17) is 4.74 Å². The molecule has 1 aromatic rings. The average molecular weight is 248 g/mol. The summed E-state index contributed by atoms with van der Waals surface area (Å²) < 4.78 is 30.4. The Morgan fingerprint density at radius 3 is 2.75 bits per heavy atom. The number of thiophene rings is 1. The molecule has 90 valence electrons. The molecule has 0 unspecified atom stereocenters. The zero-order valence-corrected chi connectivity index (χ0v) is 9.91. The van der Waals surface area contributed by atoms with Gasteiger partial charge in [0.1, 0.15) is 0 Å². The van der Waals surface area contributed by atoms with Gasteiger partial charge in [0, 0.05) is 12.0 Å². The van der Waals surface area contributed by atoms with Crippen molar-refractivity contribution >= 4 is 17.3 Å². The topological polar surface area (TPSA) is 26.3 Å². The average Bonchev–Trinajstić information content (AvgIpc) is 2.53. The number of carbonyl (C=O) groups excluding carboxylic acids is 1. The number of aryl methyl sites for hydroxylation is 1. The lowest BCUT2D eigenvalue weighted by molar-refractivity contribution is -0.143. The summed E-state index contributed by atoms with van der Waals surface area (Å²) in [5.74, 6) is -0.237. The third-order valence-corrected chi connectivity index (χ3v) is 2.86. The van der Waals surface area contributed by atoms with Crippen molar-refractivity contribution in [3.63, 3.8) is 0 Å². The molecule has 0 N–H and O–H groups in total. The van der Waals surface area contributed by atoms with Gasteiger partial charge in [0.15, 0.2) is 10.3 Å². The van der Waals surface area contributed by atoms with Crippen molar-refractivity contribution in [3.05, 3.63) is 21.9 Å². The minimum atomic E-state index is -0.502. The molecular weight excluding hydrogens is 234 g/mol. The zero-order valence-electron chi connectivity index (χ0n) is 9.09. The van der Waals surface area contributed by atoms with Crippen molar-refractivity contribution in [1.29, 1.82) is 0 Å². The van der Waals surface area contributed by atoms with Crippen LogP contribution in [-0.2, 0) is 16.0 Å². The summed E-state index contributed by atoms with van der Waals surface area (Å²) in [7, 11) is 0. The Morgan fingerprint density at radius 1 is 1.44 bits per heavy atom. The van der Waals surface area contributed by atoms with E-state index in [0.717, 1.165) is 0 Å². The third-order valence-electron chi connectivity index (χ3n) is 2.11. The van der Waals surface area contributed by atoms with E-state index in [-0.39, 0.29) is 5.97 Å². The Balaban J connectivity index is 2.21. The molecule has 0 atom stereocenters. The van der Waals surface area contributed by atoms with Crippen LogP contribution in [0.15, 0.2) is 6.07 Å². The van der Waals surface area contributed by atoms with E-state index >= 15 is 0 Å². The van der Waals surface area contributed by atoms with Crippen LogP contribution in [0.4, 0.5) is 8.78 Å². The van der Waals surface area contributed by atoms with Crippen LogP contribution in [0.5, 0.6) is 0 Å². The van der Waals surface area contributed by atoms with Crippen LogP contribution in [0.1, 0.15) is 31.7 Å². The highest BCUT2D eigenvalue weighted by atomic mass is 32.1. The molecule has 1 rings (SSSR count). The van der Waals surface area contributed by atoms with E-state index in [0.29, 0.717) is 49.2 Å². The Labute approximate surface area is 97.2 Å². The monoisotopic (exact) mass is 248 g/mol. The largest absolute Gasteiger partial charge is 0.466 e. The second kappa shape index (κ2) is 6.58. The van der Waals surface area contributed by atoms with Crippen LogP contribution < -0.4 is 0 Å². The highest BCUT2D eigenvalue weighted by molar-refractivity contribution is 7.08. The molecule has 0 aliphatic rings. The Bertz CT molecular complexity index is 350. The first-order chi connectivity index (χ1) is 7.63. The minimum absolute atomic E-state index is 0.237. The van der Waals surface area contributed by atoms with E-state index in [1.54, 1.807) is 6.92 Å². The van der Waals surface area contributed by atoms with Gasteiger partial charge in [-0.05, 0) is 32.3 Å². The maximum Gasteiger partial charge on any atom is 0.305 e. The highest BCUT2D eigenvalue weighted by Gasteiger charge is 2.08. The Kier molecular flexibility index (Phi) is 5.38. The first-order valence-electron chi connectivity index (χ1n) is 5.22. The van der Waals surface area contributed by atoms with Gasteiger partial charge >= 0.3 is 5.97 Å². The maximum atomic E-state index is 13.0. The molecule has 2 nitrogen and oxygen atoms in total. The summed E-state index contributed by atoms with van der Waals surface area (Å²) >= 11 is 0.517. The number of esters is 1. The standard InChI is InChI=1S/C11H14F2O2S/c1-2-15-10(14)6-4-3-5-8-7-9(12)16-11(8)13/h7H,2-6H2,1H3. The van der Waals surface area contributed by atoms with Crippen LogP contribution in [-0.4, -0.2) is 12.6 Å². The van der Waals surface area contributed by atoms with E-state index in [2.05, 4.69) is 0 Å². The van der Waals surface area contributed by atoms with Crippen molar-refractivity contribution in [1.82, 2.24) is 0 Å². The van der Waals surface area contributed by atoms with Crippen LogP contribution in [0.2, 0.25) is 0 Å². The third kappa shape index (κ3) is 4.26. The summed E-state index contributed by atoms with van der Waals surface area (Å²) in [6.45, 7) is 2.13. The molecule has 0 amide bonds. The van der Waals surface area contributed by atoms with Crippen molar-refractivity contribution < 1.29 is 18.3 Å². The molecule has 0 saturated carbocycles. The number of hydrogen-bond donors (Lipinski definition) is 0. The zero-order chi connectivity index (χ0) is 12.0. The van der Waals surface area contributed by atoms with Crippen LogP contribution in [0.25, 0.3) is 0 Å². The predicted octanol–water partition coefficient (Wildman–Crippen LogP) is 3.30. The molecule has 5 heteroatoms. The quantitative estimate of drug-likeness (QED) is 0.570. The van der Waals surface area contributed by atoms with Crippen LogP contribution >= 0.6 is 11.3 Å². The lowest BCUT2D eigenvalue weighted by Gasteiger charge is -2.01. The summed E-state index contributed by atoms with van der Waals surface area (Å²) in [6.07, 6.45) is 2.09. The van der Waals surface area contributed by atoms with Gasteiger partial charge in [0.05, 0.1) is 6.61 Å². The van der Waals surface area contributed by atoms with Crippen molar-refractivity contribution in [2.45, 2.75) is 32.6 Å². The number of rotatable bonds is 6. The van der Waals surface area contributed by atoms with Gasteiger partial charge < -0.3 is 4.74 Å². The molecule has 0 fully saturated rings. The fourth-order valence-corrected chi connectivity index (χ4v) is 2.03. The van der Waals surface area contributed by atoms with Gasteiger partial charge in [-0.1, -0.05) is 11.3 Å². The summed E-state index contributed by atoms with van der Waals surface area (Å²) in [5, 5.41) is -0.966. The lowest BCUT2D eigenvalue weighted by atomic mass is 10.1. The summed E-state index contributed by atoms with van der Waals surface area (Å²) in [4.78, 5) is 11.0. The molecule has 0 spiro atoms. The molecule has 0 aromatic carbocycles. The molecule has 0 saturated heterocycles. The van der Waals surface area contributed by atoms with Gasteiger partial charge in [-0.3, -0.25) is 4.79 Å². The van der Waals surface area contributed by atoms with E-state index < -0.39 is 10.3 Å². The van der Waals surface area contributed by atoms with Gasteiger partial charge in [-0.15, -0.1) is 0 Å². The number of carbonyl (C=O) groups is 1. The van der Waals surface area contributed by atoms with Crippen molar-refractivity contribution in [2.24, 2.45) is 0 Å². The lowest BCUT2D eigenvalue weighted by Crippen LogP contribution is -2.03. The minimum Gasteiger partial charge on any atom is -0.466 e. The SMILES string of the molecule is CCOC(=O)CCCCc1cc(F)sc1F. The van der Waals surface area contributed by atoms with Crippen molar-refractivity contribution in [2.75, 3.05) is 6.61 Å². The number of hydrogen-bond acceptors (Lipinski definition) is 3. The Hall–Kier alpha value is -0.970. The van der Waals surface area contributed by atoms with Crippen LogP contribution in [0, 0.1) is 10.3 Å². The van der Waals surface area contributed by atoms with E-state index in [9.17, 15) is 13.6 Å². The summed E-state index contributed by atoms with van der Waals surface area (Å²) in [6, 6.07) is 1.21. The molecule has 1 aromatic heterocycles. The fraction of sp³-hybridized carbons (Fsp3) is 0.545. The van der Waals surface area contributed by atoms with Gasteiger partial charge in [0.25, 0.3) is 0 Å². The molecule has 0 bridgehead atoms. The van der Waals surface area contributed by atoms with Gasteiger partial charge in [0.2, 0.25) is 0 Å². The second-order valence-corrected chi connectivity index (χ2v) is 4.31. The van der Waals surface area contributed by atoms with Gasteiger partial charge in [-0.2, -0.15) is 8.78 Å². The molecule has 0 radical (unpaired) electrons. The number of unbranched alkanes of at least 4 members (excludes halogenated alkanes) is 1. The number of halogens is 2. The van der Waals surface area contributed by atoms with Gasteiger partial charge in [-0.25, -0.2) is 0 Å². The first kappa shape index (κ1) is 13.1. The van der Waals surface area contributed by atoms with Crippen LogP contribution in [0.3, 0.4) is 0 Å². The maximum absolute atomic E-state index is 13.0. The smallest absolute Gasteiger partial charge is 0.305 e. The molecule has 0 aliphatic carbocycles. The van der Waals surface area contributed by atoms with E-state index in [1.165, 1.54) is 6.07 Å². The highest BCUT2D eigenvalue weighted by Crippen LogP contribution is 2.20. The molecule has 16 heavy (non-hydrogen) atoms. The van der Waals surface area contributed by atoms with E-state index in [1.807, 2.05) is 0 Å². The molecular formula is C11H14F2O2S. The number of ether oxygens (including phenoxy) is 1. The fourth-order valence-electron chi connectivity index (χ4n) is 1.36.